The normalized spacial score (nSPS) is 22.8. The summed E-state index contributed by atoms with van der Waals surface area (Å²) in [5, 5.41) is 3.00. The van der Waals surface area contributed by atoms with Crippen molar-refractivity contribution in [3.63, 3.8) is 0 Å². The highest BCUT2D eigenvalue weighted by molar-refractivity contribution is 5.78. The molecule has 1 atom stereocenters. The third-order valence-electron chi connectivity index (χ3n) is 5.42. The molecule has 0 aliphatic carbocycles. The van der Waals surface area contributed by atoms with E-state index in [1.807, 2.05) is 0 Å². The van der Waals surface area contributed by atoms with Crippen LogP contribution in [0.5, 0.6) is 0 Å². The average Bonchev–Trinajstić information content (AvgIpc) is 2.90. The van der Waals surface area contributed by atoms with E-state index < -0.39 is 18.9 Å². The van der Waals surface area contributed by atoms with E-state index in [-0.39, 0.29) is 11.8 Å². The number of hydrogen-bond acceptors (Lipinski definition) is 4. The van der Waals surface area contributed by atoms with E-state index in [0.717, 1.165) is 38.8 Å². The fraction of sp³-hybridized carbons (Fsp3) is 0.895. The number of halogens is 3. The lowest BCUT2D eigenvalue weighted by molar-refractivity contribution is -0.162. The minimum Gasteiger partial charge on any atom is -0.440 e. The van der Waals surface area contributed by atoms with Gasteiger partial charge in [0.1, 0.15) is 0 Å². The number of rotatable bonds is 5. The molecule has 9 heteroatoms. The molecule has 2 amide bonds. The van der Waals surface area contributed by atoms with Crippen LogP contribution in [0.4, 0.5) is 18.0 Å². The van der Waals surface area contributed by atoms with Gasteiger partial charge in [0.05, 0.1) is 0 Å². The lowest BCUT2D eigenvalue weighted by Gasteiger charge is -2.37. The molecule has 2 aliphatic rings. The first kappa shape index (κ1) is 22.8. The molecule has 1 N–H and O–H groups in total. The van der Waals surface area contributed by atoms with Gasteiger partial charge in [-0.05, 0) is 51.1 Å². The highest BCUT2D eigenvalue weighted by Gasteiger charge is 2.33. The van der Waals surface area contributed by atoms with Gasteiger partial charge in [0.25, 0.3) is 0 Å². The summed E-state index contributed by atoms with van der Waals surface area (Å²) in [6.07, 6.45) is -1.41. The van der Waals surface area contributed by atoms with Crippen molar-refractivity contribution < 1.29 is 27.5 Å². The number of carbonyl (C=O) groups is 2. The van der Waals surface area contributed by atoms with Crippen LogP contribution in [0.3, 0.4) is 0 Å². The molecule has 2 heterocycles. The summed E-state index contributed by atoms with van der Waals surface area (Å²) >= 11 is 0. The highest BCUT2D eigenvalue weighted by atomic mass is 19.4. The van der Waals surface area contributed by atoms with Crippen LogP contribution in [0.15, 0.2) is 0 Å². The second-order valence-corrected chi connectivity index (χ2v) is 8.19. The Kier molecular flexibility index (Phi) is 8.39. The van der Waals surface area contributed by atoms with Gasteiger partial charge >= 0.3 is 12.3 Å². The van der Waals surface area contributed by atoms with Crippen LogP contribution in [0.2, 0.25) is 0 Å². The minimum absolute atomic E-state index is 0.0506. The van der Waals surface area contributed by atoms with Crippen molar-refractivity contribution in [2.75, 3.05) is 39.3 Å². The molecule has 0 aromatic carbocycles. The molecular formula is C19H32F3N3O3. The predicted molar refractivity (Wildman–Crippen MR) is 98.8 cm³/mol. The number of ether oxygens (including phenoxy) is 1. The first-order chi connectivity index (χ1) is 13.2. The van der Waals surface area contributed by atoms with Crippen molar-refractivity contribution in [3.8, 4) is 0 Å². The molecule has 0 aromatic rings. The zero-order valence-electron chi connectivity index (χ0n) is 16.8. The highest BCUT2D eigenvalue weighted by Crippen LogP contribution is 2.25. The van der Waals surface area contributed by atoms with Crippen LogP contribution in [-0.4, -0.2) is 73.3 Å². The number of amides is 2. The summed E-state index contributed by atoms with van der Waals surface area (Å²) < 4.78 is 41.0. The zero-order valence-corrected chi connectivity index (χ0v) is 16.8. The fourth-order valence-electron chi connectivity index (χ4n) is 3.84. The van der Waals surface area contributed by atoms with E-state index >= 15 is 0 Å². The van der Waals surface area contributed by atoms with E-state index in [1.54, 1.807) is 0 Å². The maximum atomic E-state index is 12.2. The van der Waals surface area contributed by atoms with E-state index in [0.29, 0.717) is 38.0 Å². The number of likely N-dealkylation sites (tertiary alicyclic amines) is 2. The van der Waals surface area contributed by atoms with E-state index in [2.05, 4.69) is 28.8 Å². The smallest absolute Gasteiger partial charge is 0.422 e. The molecule has 2 saturated heterocycles. The molecule has 0 radical (unpaired) electrons. The van der Waals surface area contributed by atoms with Crippen LogP contribution in [0.25, 0.3) is 0 Å². The number of nitrogens with one attached hydrogen (secondary N) is 1. The Bertz CT molecular complexity index is 520. The van der Waals surface area contributed by atoms with Crippen LogP contribution < -0.4 is 5.32 Å². The molecule has 28 heavy (non-hydrogen) atoms. The Morgan fingerprint density at radius 3 is 2.36 bits per heavy atom. The van der Waals surface area contributed by atoms with E-state index in [1.165, 1.54) is 4.90 Å². The van der Waals surface area contributed by atoms with Crippen molar-refractivity contribution in [2.24, 2.45) is 11.8 Å². The molecule has 1 unspecified atom stereocenters. The molecule has 0 saturated carbocycles. The zero-order chi connectivity index (χ0) is 20.7. The summed E-state index contributed by atoms with van der Waals surface area (Å²) in [4.78, 5) is 27.8. The quantitative estimate of drug-likeness (QED) is 0.761. The van der Waals surface area contributed by atoms with Crippen molar-refractivity contribution in [3.05, 3.63) is 0 Å². The van der Waals surface area contributed by atoms with Gasteiger partial charge < -0.3 is 19.9 Å². The molecule has 0 bridgehead atoms. The molecule has 162 valence electrons. The van der Waals surface area contributed by atoms with Gasteiger partial charge in [0, 0.05) is 31.6 Å². The van der Waals surface area contributed by atoms with Crippen molar-refractivity contribution >= 4 is 12.0 Å². The Hall–Kier alpha value is -1.51. The third-order valence-corrected chi connectivity index (χ3v) is 5.42. The molecule has 2 rings (SSSR count). The maximum absolute atomic E-state index is 12.2. The standard InChI is InChI=1S/C19H32F3N3O3/c1-14(2)12-23-17(26)15-5-9-24(10-6-15)16-4-3-8-25(11-7-16)18(27)28-13-19(20,21)22/h14-16H,3-13H2,1-2H3,(H,23,26). The number of carbonyl (C=O) groups excluding carboxylic acids is 2. The molecule has 2 fully saturated rings. The minimum atomic E-state index is -4.50. The first-order valence-electron chi connectivity index (χ1n) is 10.2. The molecule has 2 aliphatic heterocycles. The van der Waals surface area contributed by atoms with Gasteiger partial charge in [-0.25, -0.2) is 4.79 Å². The first-order valence-corrected chi connectivity index (χ1v) is 10.2. The van der Waals surface area contributed by atoms with Crippen LogP contribution in [-0.2, 0) is 9.53 Å². The molecule has 0 aromatic heterocycles. The van der Waals surface area contributed by atoms with Gasteiger partial charge in [0.15, 0.2) is 6.61 Å². The lowest BCUT2D eigenvalue weighted by atomic mass is 9.93. The van der Waals surface area contributed by atoms with Gasteiger partial charge in [-0.1, -0.05) is 13.8 Å². The van der Waals surface area contributed by atoms with Gasteiger partial charge in [-0.15, -0.1) is 0 Å². The molecule has 6 nitrogen and oxygen atoms in total. The fourth-order valence-corrected chi connectivity index (χ4v) is 3.84. The Morgan fingerprint density at radius 1 is 1.07 bits per heavy atom. The number of piperidine rings is 1. The topological polar surface area (TPSA) is 61.9 Å². The summed E-state index contributed by atoms with van der Waals surface area (Å²) in [6.45, 7) is 5.78. The van der Waals surface area contributed by atoms with Crippen LogP contribution in [0.1, 0.15) is 46.0 Å². The Balaban J connectivity index is 1.74. The monoisotopic (exact) mass is 407 g/mol. The summed E-state index contributed by atoms with van der Waals surface area (Å²) in [6, 6.07) is 0.292. The number of nitrogens with zero attached hydrogens (tertiary/aromatic N) is 2. The van der Waals surface area contributed by atoms with Crippen LogP contribution in [0, 0.1) is 11.8 Å². The maximum Gasteiger partial charge on any atom is 0.422 e. The molecule has 0 spiro atoms. The number of hydrogen-bond donors (Lipinski definition) is 1. The van der Waals surface area contributed by atoms with Crippen molar-refractivity contribution in [2.45, 2.75) is 58.2 Å². The summed E-state index contributed by atoms with van der Waals surface area (Å²) in [7, 11) is 0. The molecular weight excluding hydrogens is 375 g/mol. The SMILES string of the molecule is CC(C)CNC(=O)C1CCN(C2CCCN(C(=O)OCC(F)(F)F)CC2)CC1. The van der Waals surface area contributed by atoms with Crippen LogP contribution >= 0.6 is 0 Å². The number of alkyl halides is 3. The van der Waals surface area contributed by atoms with Crippen molar-refractivity contribution in [1.29, 1.82) is 0 Å². The average molecular weight is 407 g/mol. The van der Waals surface area contributed by atoms with Gasteiger partial charge in [0.2, 0.25) is 5.91 Å². The van der Waals surface area contributed by atoms with Gasteiger partial charge in [-0.2, -0.15) is 13.2 Å². The Morgan fingerprint density at radius 2 is 1.75 bits per heavy atom. The third kappa shape index (κ3) is 7.48. The lowest BCUT2D eigenvalue weighted by Crippen LogP contribution is -2.45. The van der Waals surface area contributed by atoms with Crippen molar-refractivity contribution in [1.82, 2.24) is 15.1 Å². The van der Waals surface area contributed by atoms with Gasteiger partial charge in [-0.3, -0.25) is 4.79 Å². The van der Waals surface area contributed by atoms with E-state index in [9.17, 15) is 22.8 Å². The largest absolute Gasteiger partial charge is 0.440 e. The summed E-state index contributed by atoms with van der Waals surface area (Å²) in [5.74, 6) is 0.614. The Labute approximate surface area is 164 Å². The summed E-state index contributed by atoms with van der Waals surface area (Å²) in [5.41, 5.74) is 0. The second-order valence-electron chi connectivity index (χ2n) is 8.19. The van der Waals surface area contributed by atoms with E-state index in [4.69, 9.17) is 0 Å². The predicted octanol–water partition coefficient (Wildman–Crippen LogP) is 3.02. The second kappa shape index (κ2) is 10.3.